The number of hydrogen-bond donors (Lipinski definition) is 1. The summed E-state index contributed by atoms with van der Waals surface area (Å²) in [5, 5.41) is 2.67. The molecule has 2 rings (SSSR count). The van der Waals surface area contributed by atoms with Gasteiger partial charge in [0.2, 0.25) is 0 Å². The number of hydrogen-bond acceptors (Lipinski definition) is 4. The van der Waals surface area contributed by atoms with Crippen LogP contribution in [0.3, 0.4) is 0 Å². The first-order chi connectivity index (χ1) is 12.0. The second-order valence-corrected chi connectivity index (χ2v) is 6.41. The zero-order valence-electron chi connectivity index (χ0n) is 14.2. The third-order valence-electron chi connectivity index (χ3n) is 3.42. The van der Waals surface area contributed by atoms with Crippen molar-refractivity contribution in [2.75, 3.05) is 18.5 Å². The fraction of sp³-hybridized carbons (Fsp3) is 0.263. The highest BCUT2D eigenvalue weighted by molar-refractivity contribution is 9.10. The molecule has 0 saturated heterocycles. The van der Waals surface area contributed by atoms with Crippen LogP contribution in [0, 0.1) is 13.8 Å². The summed E-state index contributed by atoms with van der Waals surface area (Å²) < 4.78 is 11.3. The molecule has 0 radical (unpaired) electrons. The number of benzene rings is 2. The molecule has 0 fully saturated rings. The van der Waals surface area contributed by atoms with Crippen LogP contribution in [0.5, 0.6) is 5.75 Å². The van der Waals surface area contributed by atoms with Gasteiger partial charge in [0, 0.05) is 4.47 Å². The average Bonchev–Trinajstić information content (AvgIpc) is 2.58. The number of esters is 1. The molecule has 1 N–H and O–H groups in total. The molecule has 0 atom stereocenters. The van der Waals surface area contributed by atoms with Gasteiger partial charge in [-0.3, -0.25) is 9.59 Å². The van der Waals surface area contributed by atoms with Crippen molar-refractivity contribution in [3.63, 3.8) is 0 Å². The summed E-state index contributed by atoms with van der Waals surface area (Å²) in [6.45, 7) is 3.79. The van der Waals surface area contributed by atoms with Crippen LogP contribution in [-0.2, 0) is 14.3 Å². The fourth-order valence-electron chi connectivity index (χ4n) is 2.07. The van der Waals surface area contributed by atoms with E-state index in [9.17, 15) is 9.59 Å². The molecule has 132 valence electrons. The quantitative estimate of drug-likeness (QED) is 0.706. The van der Waals surface area contributed by atoms with Crippen molar-refractivity contribution >= 4 is 33.5 Å². The molecule has 0 bridgehead atoms. The largest absolute Gasteiger partial charge is 0.493 e. The number of aryl methyl sites for hydroxylation is 2. The molecule has 6 heteroatoms. The van der Waals surface area contributed by atoms with Crippen LogP contribution < -0.4 is 10.1 Å². The number of amides is 1. The van der Waals surface area contributed by atoms with E-state index in [4.69, 9.17) is 9.47 Å². The van der Waals surface area contributed by atoms with Gasteiger partial charge < -0.3 is 14.8 Å². The minimum absolute atomic E-state index is 0.0791. The van der Waals surface area contributed by atoms with Gasteiger partial charge in [-0.2, -0.15) is 0 Å². The lowest BCUT2D eigenvalue weighted by atomic mass is 10.1. The van der Waals surface area contributed by atoms with E-state index in [0.717, 1.165) is 21.3 Å². The molecule has 0 saturated carbocycles. The number of carbonyl (C=O) groups is 2. The van der Waals surface area contributed by atoms with Crippen molar-refractivity contribution < 1.29 is 19.1 Å². The molecule has 0 aliphatic rings. The minimum atomic E-state index is -0.479. The van der Waals surface area contributed by atoms with Crippen molar-refractivity contribution in [3.8, 4) is 5.75 Å². The molecule has 5 nitrogen and oxygen atoms in total. The van der Waals surface area contributed by atoms with Crippen molar-refractivity contribution in [1.82, 2.24) is 0 Å². The molecule has 25 heavy (non-hydrogen) atoms. The highest BCUT2D eigenvalue weighted by atomic mass is 79.9. The molecule has 0 spiro atoms. The first kappa shape index (κ1) is 19.0. The van der Waals surface area contributed by atoms with Crippen LogP contribution in [0.25, 0.3) is 0 Å². The van der Waals surface area contributed by atoms with Gasteiger partial charge in [-0.1, -0.05) is 24.3 Å². The van der Waals surface area contributed by atoms with Gasteiger partial charge in [-0.05, 0) is 59.1 Å². The number of anilines is 1. The van der Waals surface area contributed by atoms with Crippen molar-refractivity contribution in [1.29, 1.82) is 0 Å². The molecule has 0 aliphatic heterocycles. The molecule has 0 unspecified atom stereocenters. The molecule has 0 aromatic heterocycles. The normalized spacial score (nSPS) is 10.2. The second-order valence-electron chi connectivity index (χ2n) is 5.56. The Hall–Kier alpha value is -2.34. The molecule has 0 aliphatic carbocycles. The van der Waals surface area contributed by atoms with Crippen LogP contribution >= 0.6 is 15.9 Å². The van der Waals surface area contributed by atoms with Gasteiger partial charge in [-0.25, -0.2) is 0 Å². The maximum atomic E-state index is 11.8. The zero-order chi connectivity index (χ0) is 18.2. The number of halogens is 1. The van der Waals surface area contributed by atoms with Crippen molar-refractivity contribution in [2.24, 2.45) is 0 Å². The van der Waals surface area contributed by atoms with Crippen molar-refractivity contribution in [3.05, 3.63) is 58.1 Å². The van der Waals surface area contributed by atoms with Gasteiger partial charge >= 0.3 is 5.97 Å². The van der Waals surface area contributed by atoms with E-state index in [1.165, 1.54) is 0 Å². The maximum Gasteiger partial charge on any atom is 0.309 e. The van der Waals surface area contributed by atoms with Crippen LogP contribution in [0.4, 0.5) is 5.69 Å². The summed E-state index contributed by atoms with van der Waals surface area (Å²) in [5.41, 5.74) is 2.72. The van der Waals surface area contributed by atoms with E-state index in [1.54, 1.807) is 12.1 Å². The van der Waals surface area contributed by atoms with Crippen LogP contribution in [0.2, 0.25) is 0 Å². The van der Waals surface area contributed by atoms with Gasteiger partial charge in [0.1, 0.15) is 5.75 Å². The Kier molecular flexibility index (Phi) is 7.01. The zero-order valence-corrected chi connectivity index (χ0v) is 15.8. The van der Waals surface area contributed by atoms with E-state index in [0.29, 0.717) is 5.69 Å². The maximum absolute atomic E-state index is 11.8. The smallest absolute Gasteiger partial charge is 0.309 e. The molecular weight excluding hydrogens is 386 g/mol. The lowest BCUT2D eigenvalue weighted by molar-refractivity contribution is -0.147. The van der Waals surface area contributed by atoms with Gasteiger partial charge in [0.25, 0.3) is 5.91 Å². The molecule has 1 amide bonds. The van der Waals surface area contributed by atoms with E-state index in [1.807, 2.05) is 44.2 Å². The second kappa shape index (κ2) is 9.22. The van der Waals surface area contributed by atoms with Crippen LogP contribution in [0.15, 0.2) is 46.9 Å². The fourth-order valence-corrected chi connectivity index (χ4v) is 2.46. The highest BCUT2D eigenvalue weighted by Crippen LogP contribution is 2.21. The Morgan fingerprint density at radius 3 is 2.64 bits per heavy atom. The third kappa shape index (κ3) is 6.23. The Bertz CT molecular complexity index is 761. The number of carbonyl (C=O) groups excluding carboxylic acids is 2. The van der Waals surface area contributed by atoms with Gasteiger partial charge in [-0.15, -0.1) is 0 Å². The predicted molar refractivity (Wildman–Crippen MR) is 99.8 cm³/mol. The van der Waals surface area contributed by atoms with Crippen molar-refractivity contribution in [2.45, 2.75) is 20.3 Å². The molecule has 0 heterocycles. The third-order valence-corrected chi connectivity index (χ3v) is 4.11. The number of ether oxygens (including phenoxy) is 2. The SMILES string of the molecule is Cc1ccc(C)c(OCCC(=O)OCC(=O)Nc2ccccc2Br)c1. The number of rotatable bonds is 7. The Balaban J connectivity index is 1.71. The lowest BCUT2D eigenvalue weighted by Crippen LogP contribution is -2.21. The minimum Gasteiger partial charge on any atom is -0.493 e. The standard InChI is InChI=1S/C19H20BrNO4/c1-13-7-8-14(2)17(11-13)24-10-9-19(23)25-12-18(22)21-16-6-4-3-5-15(16)20/h3-8,11H,9-10,12H2,1-2H3,(H,21,22). The Labute approximate surface area is 155 Å². The Morgan fingerprint density at radius 2 is 1.88 bits per heavy atom. The lowest BCUT2D eigenvalue weighted by Gasteiger charge is -2.10. The summed E-state index contributed by atoms with van der Waals surface area (Å²) in [7, 11) is 0. The topological polar surface area (TPSA) is 64.6 Å². The summed E-state index contributed by atoms with van der Waals surface area (Å²) >= 11 is 3.33. The number of nitrogens with one attached hydrogen (secondary N) is 1. The molecule has 2 aromatic carbocycles. The predicted octanol–water partition coefficient (Wildman–Crippen LogP) is 4.02. The molecular formula is C19H20BrNO4. The molecule has 2 aromatic rings. The average molecular weight is 406 g/mol. The summed E-state index contributed by atoms with van der Waals surface area (Å²) in [6.07, 6.45) is 0.0791. The van der Waals surface area contributed by atoms with E-state index < -0.39 is 11.9 Å². The summed E-state index contributed by atoms with van der Waals surface area (Å²) in [5.74, 6) is -0.122. The monoisotopic (exact) mass is 405 g/mol. The Morgan fingerprint density at radius 1 is 1.12 bits per heavy atom. The first-order valence-corrected chi connectivity index (χ1v) is 8.65. The van der Waals surface area contributed by atoms with E-state index in [2.05, 4.69) is 21.2 Å². The van der Waals surface area contributed by atoms with E-state index in [-0.39, 0.29) is 19.6 Å². The van der Waals surface area contributed by atoms with Gasteiger partial charge in [0.05, 0.1) is 18.7 Å². The van der Waals surface area contributed by atoms with Crippen LogP contribution in [0.1, 0.15) is 17.5 Å². The van der Waals surface area contributed by atoms with Crippen LogP contribution in [-0.4, -0.2) is 25.1 Å². The summed E-state index contributed by atoms with van der Waals surface area (Å²) in [4.78, 5) is 23.5. The van der Waals surface area contributed by atoms with Gasteiger partial charge in [0.15, 0.2) is 6.61 Å². The highest BCUT2D eigenvalue weighted by Gasteiger charge is 2.10. The first-order valence-electron chi connectivity index (χ1n) is 7.86. The van der Waals surface area contributed by atoms with E-state index >= 15 is 0 Å². The summed E-state index contributed by atoms with van der Waals surface area (Å²) in [6, 6.07) is 13.1. The number of para-hydroxylation sites is 1.